The van der Waals surface area contributed by atoms with Gasteiger partial charge in [0.05, 0.1) is 46.3 Å². The van der Waals surface area contributed by atoms with Gasteiger partial charge in [0.15, 0.2) is 0 Å². The van der Waals surface area contributed by atoms with Crippen molar-refractivity contribution in [1.82, 2.24) is 34.9 Å². The highest BCUT2D eigenvalue weighted by Crippen LogP contribution is 2.30. The Bertz CT molecular complexity index is 1910. The van der Waals surface area contributed by atoms with Gasteiger partial charge in [0.25, 0.3) is 11.8 Å². The molecule has 2 fully saturated rings. The number of fused-ring (bicyclic) bond motifs is 2. The van der Waals surface area contributed by atoms with Crippen LogP contribution in [0.15, 0.2) is 61.1 Å². The van der Waals surface area contributed by atoms with Crippen molar-refractivity contribution in [1.29, 1.82) is 0 Å². The van der Waals surface area contributed by atoms with Gasteiger partial charge in [-0.05, 0) is 62.4 Å². The molecule has 3 aliphatic heterocycles. The molecule has 1 atom stereocenters. The summed E-state index contributed by atoms with van der Waals surface area (Å²) >= 11 is 0. The highest BCUT2D eigenvalue weighted by Gasteiger charge is 2.44. The molecule has 0 aliphatic carbocycles. The molecule has 2 N–H and O–H groups in total. The lowest BCUT2D eigenvalue weighted by atomic mass is 10.0. The zero-order chi connectivity index (χ0) is 33.2. The van der Waals surface area contributed by atoms with Crippen LogP contribution in [0, 0.1) is 0 Å². The Kier molecular flexibility index (Phi) is 8.66. The van der Waals surface area contributed by atoms with Crippen molar-refractivity contribution in [2.75, 3.05) is 25.0 Å². The highest BCUT2D eigenvalue weighted by molar-refractivity contribution is 6.23. The summed E-state index contributed by atoms with van der Waals surface area (Å²) in [5.41, 5.74) is 4.63. The van der Waals surface area contributed by atoms with E-state index in [1.807, 2.05) is 46.2 Å². The van der Waals surface area contributed by atoms with Crippen LogP contribution in [-0.4, -0.2) is 84.8 Å². The first-order valence-corrected chi connectivity index (χ1v) is 16.5. The van der Waals surface area contributed by atoms with Gasteiger partial charge in [0, 0.05) is 49.9 Å². The maximum Gasteiger partial charge on any atom is 0.262 e. The summed E-state index contributed by atoms with van der Waals surface area (Å²) in [5, 5.41) is 10.1. The molecule has 0 radical (unpaired) electrons. The number of nitrogens with zero attached hydrogens (tertiary/aromatic N) is 6. The summed E-state index contributed by atoms with van der Waals surface area (Å²) < 4.78 is 1.99. The van der Waals surface area contributed by atoms with Crippen LogP contribution in [-0.2, 0) is 14.4 Å². The number of para-hydroxylation sites is 2. The van der Waals surface area contributed by atoms with Gasteiger partial charge in [0.2, 0.25) is 17.7 Å². The summed E-state index contributed by atoms with van der Waals surface area (Å²) in [6.45, 7) is 2.06. The number of piperidine rings is 2. The van der Waals surface area contributed by atoms with Crippen LogP contribution < -0.4 is 10.6 Å². The monoisotopic (exact) mass is 648 g/mol. The molecular weight excluding hydrogens is 612 g/mol. The van der Waals surface area contributed by atoms with Gasteiger partial charge in [-0.15, -0.1) is 0 Å². The van der Waals surface area contributed by atoms with Crippen LogP contribution in [0.3, 0.4) is 0 Å². The van der Waals surface area contributed by atoms with Crippen molar-refractivity contribution in [3.05, 3.63) is 72.2 Å². The molecule has 0 saturated carbocycles. The Labute approximate surface area is 276 Å². The van der Waals surface area contributed by atoms with E-state index in [4.69, 9.17) is 4.98 Å². The third-order valence-electron chi connectivity index (χ3n) is 9.37. The van der Waals surface area contributed by atoms with E-state index < -0.39 is 29.7 Å². The number of carbonyl (C=O) groups excluding carboxylic acids is 5. The number of hydrogen-bond acceptors (Lipinski definition) is 9. The lowest BCUT2D eigenvalue weighted by molar-refractivity contribution is -0.136. The lowest BCUT2D eigenvalue weighted by Gasteiger charge is -2.32. The average Bonchev–Trinajstić information content (AvgIpc) is 3.69. The zero-order valence-corrected chi connectivity index (χ0v) is 26.4. The van der Waals surface area contributed by atoms with E-state index in [1.54, 1.807) is 24.4 Å². The van der Waals surface area contributed by atoms with E-state index in [0.717, 1.165) is 59.3 Å². The molecule has 2 aromatic carbocycles. The average molecular weight is 649 g/mol. The summed E-state index contributed by atoms with van der Waals surface area (Å²) in [4.78, 5) is 74.8. The third-order valence-corrected chi connectivity index (χ3v) is 9.37. The third kappa shape index (κ3) is 6.27. The molecule has 13 heteroatoms. The minimum atomic E-state index is -0.984. The van der Waals surface area contributed by atoms with Crippen LogP contribution in [0.5, 0.6) is 0 Å². The molecule has 246 valence electrons. The smallest absolute Gasteiger partial charge is 0.262 e. The van der Waals surface area contributed by atoms with E-state index in [2.05, 4.69) is 20.7 Å². The molecule has 5 amide bonds. The molecular formula is C35H36N8O5. The maximum absolute atomic E-state index is 13.0. The number of likely N-dealkylation sites (tertiary alicyclic amines) is 1. The fourth-order valence-corrected chi connectivity index (χ4v) is 6.70. The molecule has 7 rings (SSSR count). The van der Waals surface area contributed by atoms with Gasteiger partial charge in [-0.2, -0.15) is 5.10 Å². The fourth-order valence-electron chi connectivity index (χ4n) is 6.70. The standard InChI is InChI=1S/C35H36N8O5/c44-31-12-11-30(33(46)40-31)43-34(47)25-10-9-23(18-26(25)35(43)48)36-15-5-1-2-8-32(45)41-16-13-24(14-17-41)42-21-22(19-38-42)29-20-37-27-6-3-4-7-28(27)39-29/h3-4,6-7,9-10,18-21,24,30,36H,1-2,5,8,11-17H2,(H,40,44,46). The number of aromatic nitrogens is 4. The molecule has 3 aliphatic rings. The number of benzene rings is 2. The number of hydrogen-bond donors (Lipinski definition) is 2. The second-order valence-corrected chi connectivity index (χ2v) is 12.5. The topological polar surface area (TPSA) is 159 Å². The summed E-state index contributed by atoms with van der Waals surface area (Å²) in [5.74, 6) is -1.90. The van der Waals surface area contributed by atoms with Gasteiger partial charge in [-0.1, -0.05) is 18.6 Å². The Morgan fingerprint density at radius 2 is 1.69 bits per heavy atom. The van der Waals surface area contributed by atoms with Crippen molar-refractivity contribution < 1.29 is 24.0 Å². The van der Waals surface area contributed by atoms with Gasteiger partial charge in [-0.3, -0.25) is 43.9 Å². The predicted octanol–water partition coefficient (Wildman–Crippen LogP) is 3.73. The van der Waals surface area contributed by atoms with Gasteiger partial charge in [-0.25, -0.2) is 4.98 Å². The quantitative estimate of drug-likeness (QED) is 0.193. The normalized spacial score (nSPS) is 18.4. The summed E-state index contributed by atoms with van der Waals surface area (Å²) in [7, 11) is 0. The first-order chi connectivity index (χ1) is 23.4. The number of nitrogens with one attached hydrogen (secondary N) is 2. The van der Waals surface area contributed by atoms with Gasteiger partial charge >= 0.3 is 0 Å². The molecule has 13 nitrogen and oxygen atoms in total. The summed E-state index contributed by atoms with van der Waals surface area (Å²) in [6, 6.07) is 12.0. The van der Waals surface area contributed by atoms with Crippen molar-refractivity contribution in [2.45, 2.75) is 63.5 Å². The molecule has 2 saturated heterocycles. The van der Waals surface area contributed by atoms with Crippen LogP contribution >= 0.6 is 0 Å². The Morgan fingerprint density at radius 3 is 2.50 bits per heavy atom. The van der Waals surface area contributed by atoms with Crippen LogP contribution in [0.4, 0.5) is 5.69 Å². The molecule has 2 aromatic heterocycles. The minimum Gasteiger partial charge on any atom is -0.385 e. The molecule has 5 heterocycles. The van der Waals surface area contributed by atoms with Crippen molar-refractivity contribution in [3.63, 3.8) is 0 Å². The molecule has 4 aromatic rings. The Hall–Kier alpha value is -5.46. The van der Waals surface area contributed by atoms with Crippen LogP contribution in [0.1, 0.15) is 78.1 Å². The fraction of sp³-hybridized carbons (Fsp3) is 0.371. The first-order valence-electron chi connectivity index (χ1n) is 16.5. The number of rotatable bonds is 10. The van der Waals surface area contributed by atoms with Gasteiger partial charge < -0.3 is 10.2 Å². The maximum atomic E-state index is 13.0. The molecule has 0 bridgehead atoms. The number of anilines is 1. The number of carbonyl (C=O) groups is 5. The van der Waals surface area contributed by atoms with E-state index in [9.17, 15) is 24.0 Å². The molecule has 48 heavy (non-hydrogen) atoms. The predicted molar refractivity (Wildman–Crippen MR) is 176 cm³/mol. The molecule has 0 spiro atoms. The van der Waals surface area contributed by atoms with Crippen LogP contribution in [0.2, 0.25) is 0 Å². The van der Waals surface area contributed by atoms with Crippen molar-refractivity contribution >= 4 is 46.3 Å². The number of imide groups is 2. The Morgan fingerprint density at radius 1 is 0.896 bits per heavy atom. The highest BCUT2D eigenvalue weighted by atomic mass is 16.2. The van der Waals surface area contributed by atoms with Crippen molar-refractivity contribution in [2.24, 2.45) is 0 Å². The largest absolute Gasteiger partial charge is 0.385 e. The van der Waals surface area contributed by atoms with Crippen LogP contribution in [0.25, 0.3) is 22.3 Å². The SMILES string of the molecule is O=C1CCC(N2C(=O)c3ccc(NCCCCCC(=O)N4CCC(n5cc(-c6cnc7ccccc7n6)cn5)CC4)cc3C2=O)C(=O)N1. The number of unbranched alkanes of at least 4 members (excludes halogenated alkanes) is 2. The number of amides is 5. The lowest BCUT2D eigenvalue weighted by Crippen LogP contribution is -2.54. The second-order valence-electron chi connectivity index (χ2n) is 12.5. The first kappa shape index (κ1) is 31.2. The minimum absolute atomic E-state index is 0.0813. The van der Waals surface area contributed by atoms with E-state index in [-0.39, 0.29) is 35.9 Å². The van der Waals surface area contributed by atoms with E-state index in [1.165, 1.54) is 0 Å². The van der Waals surface area contributed by atoms with E-state index in [0.29, 0.717) is 31.7 Å². The summed E-state index contributed by atoms with van der Waals surface area (Å²) in [6.07, 6.45) is 10.5. The Balaban J connectivity index is 0.823. The van der Waals surface area contributed by atoms with Gasteiger partial charge in [0.1, 0.15) is 6.04 Å². The molecule has 1 unspecified atom stereocenters. The van der Waals surface area contributed by atoms with E-state index >= 15 is 0 Å². The zero-order valence-electron chi connectivity index (χ0n) is 26.4. The van der Waals surface area contributed by atoms with Crippen molar-refractivity contribution in [3.8, 4) is 11.3 Å². The second kappa shape index (κ2) is 13.3.